The fourth-order valence-electron chi connectivity index (χ4n) is 2.34. The second kappa shape index (κ2) is 5.46. The fourth-order valence-corrected chi connectivity index (χ4v) is 2.34. The molecule has 1 atom stereocenters. The quantitative estimate of drug-likeness (QED) is 0.822. The zero-order valence-corrected chi connectivity index (χ0v) is 10.2. The minimum absolute atomic E-state index is 0.671. The van der Waals surface area contributed by atoms with Gasteiger partial charge in [0, 0.05) is 13.1 Å². The van der Waals surface area contributed by atoms with Gasteiger partial charge in [0.25, 0.3) is 0 Å². The molecule has 0 radical (unpaired) electrons. The maximum atomic E-state index is 5.62. The molecule has 1 heterocycles. The standard InChI is InChI=1S/C14H22N2/c1-12(9-15)5-4-8-16-10-13-6-2-3-7-14(13)11-16/h2-3,6-7,12H,4-5,8-11,15H2,1H3. The van der Waals surface area contributed by atoms with Crippen LogP contribution in [-0.4, -0.2) is 18.0 Å². The van der Waals surface area contributed by atoms with Gasteiger partial charge in [0.05, 0.1) is 0 Å². The summed E-state index contributed by atoms with van der Waals surface area (Å²) in [7, 11) is 0. The number of fused-ring (bicyclic) bond motifs is 1. The van der Waals surface area contributed by atoms with E-state index in [1.807, 2.05) is 0 Å². The highest BCUT2D eigenvalue weighted by Gasteiger charge is 2.17. The smallest absolute Gasteiger partial charge is 0.0240 e. The van der Waals surface area contributed by atoms with Gasteiger partial charge in [-0.05, 0) is 43.0 Å². The van der Waals surface area contributed by atoms with E-state index in [0.29, 0.717) is 5.92 Å². The van der Waals surface area contributed by atoms with E-state index in [1.54, 1.807) is 0 Å². The first-order valence-electron chi connectivity index (χ1n) is 6.29. The molecule has 0 aliphatic carbocycles. The summed E-state index contributed by atoms with van der Waals surface area (Å²) in [5.74, 6) is 0.671. The molecule has 0 aromatic heterocycles. The molecule has 1 aliphatic rings. The minimum atomic E-state index is 0.671. The van der Waals surface area contributed by atoms with Gasteiger partial charge >= 0.3 is 0 Å². The van der Waals surface area contributed by atoms with E-state index >= 15 is 0 Å². The van der Waals surface area contributed by atoms with Crippen molar-refractivity contribution in [3.8, 4) is 0 Å². The third-order valence-corrected chi connectivity index (χ3v) is 3.48. The van der Waals surface area contributed by atoms with E-state index in [1.165, 1.54) is 30.5 Å². The number of nitrogens with zero attached hydrogens (tertiary/aromatic N) is 1. The Labute approximate surface area is 98.4 Å². The van der Waals surface area contributed by atoms with Gasteiger partial charge in [0.2, 0.25) is 0 Å². The lowest BCUT2D eigenvalue weighted by atomic mass is 10.1. The zero-order chi connectivity index (χ0) is 11.4. The summed E-state index contributed by atoms with van der Waals surface area (Å²) >= 11 is 0. The van der Waals surface area contributed by atoms with Crippen molar-refractivity contribution in [2.45, 2.75) is 32.9 Å². The first kappa shape index (κ1) is 11.6. The molecule has 0 spiro atoms. The van der Waals surface area contributed by atoms with Crippen LogP contribution in [0, 0.1) is 5.92 Å². The van der Waals surface area contributed by atoms with Crippen LogP contribution in [0.1, 0.15) is 30.9 Å². The van der Waals surface area contributed by atoms with Crippen molar-refractivity contribution in [2.24, 2.45) is 11.7 Å². The van der Waals surface area contributed by atoms with Gasteiger partial charge in [0.15, 0.2) is 0 Å². The Morgan fingerprint density at radius 2 is 1.88 bits per heavy atom. The van der Waals surface area contributed by atoms with Gasteiger partial charge in [-0.25, -0.2) is 0 Å². The maximum Gasteiger partial charge on any atom is 0.0240 e. The van der Waals surface area contributed by atoms with Crippen LogP contribution in [0.5, 0.6) is 0 Å². The summed E-state index contributed by atoms with van der Waals surface area (Å²) in [6, 6.07) is 8.77. The van der Waals surface area contributed by atoms with Gasteiger partial charge in [-0.2, -0.15) is 0 Å². The van der Waals surface area contributed by atoms with E-state index in [9.17, 15) is 0 Å². The molecule has 1 unspecified atom stereocenters. The van der Waals surface area contributed by atoms with Crippen molar-refractivity contribution in [1.29, 1.82) is 0 Å². The highest BCUT2D eigenvalue weighted by Crippen LogP contribution is 2.22. The Bertz CT molecular complexity index is 310. The largest absolute Gasteiger partial charge is 0.330 e. The third kappa shape index (κ3) is 2.83. The van der Waals surface area contributed by atoms with Crippen LogP contribution in [0.25, 0.3) is 0 Å². The Kier molecular flexibility index (Phi) is 3.97. The zero-order valence-electron chi connectivity index (χ0n) is 10.2. The second-order valence-electron chi connectivity index (χ2n) is 4.96. The van der Waals surface area contributed by atoms with Crippen molar-refractivity contribution in [3.63, 3.8) is 0 Å². The average molecular weight is 218 g/mol. The fraction of sp³-hybridized carbons (Fsp3) is 0.571. The molecule has 1 aromatic carbocycles. The lowest BCUT2D eigenvalue weighted by Gasteiger charge is -2.15. The van der Waals surface area contributed by atoms with Crippen molar-refractivity contribution >= 4 is 0 Å². The van der Waals surface area contributed by atoms with Crippen LogP contribution >= 0.6 is 0 Å². The minimum Gasteiger partial charge on any atom is -0.330 e. The molecule has 16 heavy (non-hydrogen) atoms. The number of benzene rings is 1. The molecular weight excluding hydrogens is 196 g/mol. The van der Waals surface area contributed by atoms with Crippen molar-refractivity contribution in [3.05, 3.63) is 35.4 Å². The predicted molar refractivity (Wildman–Crippen MR) is 68.0 cm³/mol. The number of nitrogens with two attached hydrogens (primary N) is 1. The molecule has 0 fully saturated rings. The second-order valence-corrected chi connectivity index (χ2v) is 4.96. The maximum absolute atomic E-state index is 5.62. The topological polar surface area (TPSA) is 29.3 Å². The summed E-state index contributed by atoms with van der Waals surface area (Å²) in [5, 5.41) is 0. The highest BCUT2D eigenvalue weighted by molar-refractivity contribution is 5.30. The van der Waals surface area contributed by atoms with Crippen molar-refractivity contribution in [1.82, 2.24) is 4.90 Å². The SMILES string of the molecule is CC(CN)CCCN1Cc2ccccc2C1. The lowest BCUT2D eigenvalue weighted by molar-refractivity contribution is 0.271. The molecular formula is C14H22N2. The van der Waals surface area contributed by atoms with E-state index in [2.05, 4.69) is 36.1 Å². The molecule has 0 amide bonds. The van der Waals surface area contributed by atoms with Crippen molar-refractivity contribution < 1.29 is 0 Å². The van der Waals surface area contributed by atoms with Crippen LogP contribution in [0.4, 0.5) is 0 Å². The van der Waals surface area contributed by atoms with Crippen LogP contribution in [0.3, 0.4) is 0 Å². The number of rotatable bonds is 5. The first-order valence-corrected chi connectivity index (χ1v) is 6.29. The molecule has 2 N–H and O–H groups in total. The summed E-state index contributed by atoms with van der Waals surface area (Å²) in [6.07, 6.45) is 2.52. The van der Waals surface area contributed by atoms with Gasteiger partial charge in [0.1, 0.15) is 0 Å². The Hall–Kier alpha value is -0.860. The summed E-state index contributed by atoms with van der Waals surface area (Å²) in [4.78, 5) is 2.54. The molecule has 88 valence electrons. The van der Waals surface area contributed by atoms with E-state index in [0.717, 1.165) is 19.6 Å². The third-order valence-electron chi connectivity index (χ3n) is 3.48. The van der Waals surface area contributed by atoms with Gasteiger partial charge in [-0.3, -0.25) is 4.90 Å². The lowest BCUT2D eigenvalue weighted by Crippen LogP contribution is -2.19. The van der Waals surface area contributed by atoms with Crippen LogP contribution in [0.2, 0.25) is 0 Å². The predicted octanol–water partition coefficient (Wildman–Crippen LogP) is 2.38. The van der Waals surface area contributed by atoms with Crippen molar-refractivity contribution in [2.75, 3.05) is 13.1 Å². The first-order chi connectivity index (χ1) is 7.79. The molecule has 1 aliphatic heterocycles. The monoisotopic (exact) mass is 218 g/mol. The average Bonchev–Trinajstić information content (AvgIpc) is 2.71. The Morgan fingerprint density at radius 1 is 1.25 bits per heavy atom. The molecule has 2 rings (SSSR count). The molecule has 0 bridgehead atoms. The van der Waals surface area contributed by atoms with E-state index in [4.69, 9.17) is 5.73 Å². The summed E-state index contributed by atoms with van der Waals surface area (Å²) < 4.78 is 0. The van der Waals surface area contributed by atoms with Gasteiger partial charge in [-0.1, -0.05) is 31.2 Å². The van der Waals surface area contributed by atoms with E-state index in [-0.39, 0.29) is 0 Å². The molecule has 0 saturated carbocycles. The molecule has 2 nitrogen and oxygen atoms in total. The molecule has 1 aromatic rings. The molecule has 2 heteroatoms. The number of hydrogen-bond acceptors (Lipinski definition) is 2. The number of hydrogen-bond donors (Lipinski definition) is 1. The van der Waals surface area contributed by atoms with Crippen LogP contribution in [0.15, 0.2) is 24.3 Å². The van der Waals surface area contributed by atoms with Gasteiger partial charge in [-0.15, -0.1) is 0 Å². The van der Waals surface area contributed by atoms with E-state index < -0.39 is 0 Å². The highest BCUT2D eigenvalue weighted by atomic mass is 15.1. The molecule has 0 saturated heterocycles. The normalized spacial score (nSPS) is 17.4. The summed E-state index contributed by atoms with van der Waals surface area (Å²) in [6.45, 7) is 6.53. The van der Waals surface area contributed by atoms with Crippen LogP contribution in [-0.2, 0) is 13.1 Å². The van der Waals surface area contributed by atoms with Gasteiger partial charge < -0.3 is 5.73 Å². The van der Waals surface area contributed by atoms with Crippen LogP contribution < -0.4 is 5.73 Å². The summed E-state index contributed by atoms with van der Waals surface area (Å²) in [5.41, 5.74) is 8.64. The Morgan fingerprint density at radius 3 is 2.44 bits per heavy atom. The Balaban J connectivity index is 1.75.